The number of anilines is 3. The lowest BCUT2D eigenvalue weighted by Crippen LogP contribution is -2.44. The molecule has 0 atom stereocenters. The van der Waals surface area contributed by atoms with Crippen LogP contribution in [-0.4, -0.2) is 142 Å². The van der Waals surface area contributed by atoms with Crippen LogP contribution in [0.25, 0.3) is 22.1 Å². The molecule has 5 aliphatic carbocycles. The Labute approximate surface area is 770 Å². The van der Waals surface area contributed by atoms with E-state index in [0.29, 0.717) is 55.4 Å². The van der Waals surface area contributed by atoms with Crippen LogP contribution in [0.2, 0.25) is 25.5 Å². The Bertz CT molecular complexity index is 4810. The van der Waals surface area contributed by atoms with Gasteiger partial charge in [0.1, 0.15) is 23.1 Å². The molecule has 0 bridgehead atoms. The summed E-state index contributed by atoms with van der Waals surface area (Å²) in [6.07, 6.45) is 32.0. The Morgan fingerprint density at radius 3 is 1.36 bits per heavy atom. The molecule has 0 unspecified atom stereocenters. The minimum Gasteiger partial charge on any atom is -0.453 e. The molecule has 648 valence electrons. The van der Waals surface area contributed by atoms with Crippen LogP contribution in [0, 0.1) is 58.7 Å². The highest BCUT2D eigenvalue weighted by atomic mass is 127. The third-order valence-electron chi connectivity index (χ3n) is 13.9. The third kappa shape index (κ3) is 44.3. The summed E-state index contributed by atoms with van der Waals surface area (Å²) in [5.74, 6) is 0. The van der Waals surface area contributed by atoms with Gasteiger partial charge in [0.15, 0.2) is 0 Å². The summed E-state index contributed by atoms with van der Waals surface area (Å²) in [5.41, 5.74) is 15.6. The number of nitrogens with one attached hydrogen (secondary N) is 6. The van der Waals surface area contributed by atoms with Crippen molar-refractivity contribution in [3.63, 3.8) is 0 Å². The van der Waals surface area contributed by atoms with Crippen LogP contribution in [0.5, 0.6) is 0 Å². The van der Waals surface area contributed by atoms with Gasteiger partial charge in [-0.2, -0.15) is 5.26 Å². The molecule has 9 aromatic heterocycles. The minimum absolute atomic E-state index is 0. The summed E-state index contributed by atoms with van der Waals surface area (Å²) in [4.78, 5) is 114. The molecule has 10 heterocycles. The Balaban J connectivity index is 0. The van der Waals surface area contributed by atoms with E-state index >= 15 is 0 Å². The number of nitrogens with zero attached hydrogens (tertiary/aromatic N) is 12. The number of hydrogen-bond donors (Lipinski definition) is 10. The Morgan fingerprint density at radius 2 is 0.992 bits per heavy atom. The number of H-pyrrole nitrogens is 4. The van der Waals surface area contributed by atoms with Crippen LogP contribution in [-0.2, 0) is 18.3 Å². The zero-order valence-corrected chi connectivity index (χ0v) is 79.4. The number of halogens is 12. The van der Waals surface area contributed by atoms with Crippen LogP contribution in [0.15, 0.2) is 134 Å². The van der Waals surface area contributed by atoms with E-state index in [4.69, 9.17) is 53.6 Å². The lowest BCUT2D eigenvalue weighted by Gasteiger charge is -2.25. The molecule has 6 fully saturated rings. The van der Waals surface area contributed by atoms with Gasteiger partial charge in [0.2, 0.25) is 0 Å². The Morgan fingerprint density at radius 1 is 0.636 bits per heavy atom. The van der Waals surface area contributed by atoms with E-state index in [-0.39, 0.29) is 75.1 Å². The predicted octanol–water partition coefficient (Wildman–Crippen LogP) is 18.7. The van der Waals surface area contributed by atoms with E-state index in [1.54, 1.807) is 56.4 Å². The van der Waals surface area contributed by atoms with E-state index in [1.165, 1.54) is 57.4 Å². The molecule has 118 heavy (non-hydrogen) atoms. The average molecular weight is 2320 g/mol. The molecule has 6 aliphatic rings. The number of aromatic amines is 4. The maximum Gasteiger partial charge on any atom is 0.426 e. The van der Waals surface area contributed by atoms with E-state index < -0.39 is 47.1 Å². The number of nitriles is 1. The lowest BCUT2D eigenvalue weighted by molar-refractivity contribution is -0.386. The van der Waals surface area contributed by atoms with Gasteiger partial charge in [-0.25, -0.2) is 9.59 Å². The SMILES string of the molecule is BrBr.C.C.CB1OB(C)OB(C)O1.CC#N.CCO.CO.Cc1cncc2[nH]c(=O)n(C3CC3)c12.NC1CC1.Nc1cncc(Br)c1NC1CC1.O=P(Cl)(Cl)Cl.O=[N+]([O-])c1cncc(Br)c1Cl.O=[N+]([O-])c1cncc(Br)c1NC1CC1.O=c1[nH]c2cncc(Br)c2n1C1CC1.O=c1c(Br)c[nH]cc1[N+](=O)[O-].O=c1cc[nH]cc1[N+](=O)[O-].[2H]CI. The molecule has 0 aromatic carbocycles. The molecular weight excluding hydrogens is 2230 g/mol. The predicted molar refractivity (Wildman–Crippen MR) is 501 cm³/mol. The molecule has 0 amide bonds. The summed E-state index contributed by atoms with van der Waals surface area (Å²) in [7, 11) is 0.594. The number of alkyl halides is 1. The van der Waals surface area contributed by atoms with Gasteiger partial charge < -0.3 is 66.0 Å². The molecular formula is C64H86B3Br7Cl4IN20O18P. The van der Waals surface area contributed by atoms with Crippen molar-refractivity contribution in [3.05, 3.63) is 208 Å². The number of aryl methyl sites for hydroxylation is 1. The molecule has 9 aromatic rings. The fourth-order valence-electron chi connectivity index (χ4n) is 8.49. The van der Waals surface area contributed by atoms with Gasteiger partial charge in [0, 0.05) is 130 Å². The van der Waals surface area contributed by atoms with E-state index in [2.05, 4.69) is 197 Å². The monoisotopic (exact) mass is 2310 g/mol. The largest absolute Gasteiger partial charge is 0.453 e. The molecule has 0 radical (unpaired) electrons. The van der Waals surface area contributed by atoms with Crippen molar-refractivity contribution in [2.45, 2.75) is 151 Å². The number of fused-ring (bicyclic) bond motifs is 2. The molecule has 12 N–H and O–H groups in total. The number of nitrogen functional groups attached to an aromatic ring is 1. The summed E-state index contributed by atoms with van der Waals surface area (Å²) < 4.78 is 37.8. The maximum absolute atomic E-state index is 11.7. The van der Waals surface area contributed by atoms with Crippen LogP contribution in [0.3, 0.4) is 0 Å². The van der Waals surface area contributed by atoms with Crippen molar-refractivity contribution >= 4 is 264 Å². The number of rotatable bonds is 10. The highest BCUT2D eigenvalue weighted by Gasteiger charge is 2.33. The second kappa shape index (κ2) is 60.6. The highest BCUT2D eigenvalue weighted by Crippen LogP contribution is 2.61. The number of aliphatic hydroxyl groups is 2. The number of aromatic nitrogens is 11. The van der Waals surface area contributed by atoms with Crippen molar-refractivity contribution in [1.82, 2.24) is 54.0 Å². The first-order chi connectivity index (χ1) is 55.3. The lowest BCUT2D eigenvalue weighted by atomic mass is 9.74. The van der Waals surface area contributed by atoms with Crippen LogP contribution >= 0.6 is 181 Å². The Kier molecular flexibility index (Phi) is 57.6. The first-order valence-corrected chi connectivity index (χ1v) is 47.3. The van der Waals surface area contributed by atoms with Crippen molar-refractivity contribution in [2.75, 3.05) is 35.0 Å². The molecule has 1 saturated heterocycles. The third-order valence-corrected chi connectivity index (χ3v) is 17.5. The van der Waals surface area contributed by atoms with Crippen molar-refractivity contribution < 1.29 is 49.6 Å². The van der Waals surface area contributed by atoms with E-state index in [1.807, 2.05) is 59.1 Å². The normalized spacial score (nSPS) is 13.4. The van der Waals surface area contributed by atoms with Gasteiger partial charge in [-0.3, -0.25) is 88.7 Å². The second-order valence-electron chi connectivity index (χ2n) is 23.2. The number of pyridine rings is 7. The molecule has 1 aliphatic heterocycles. The quantitative estimate of drug-likeness (QED) is 0.0152. The first kappa shape index (κ1) is 112. The second-order valence-corrected chi connectivity index (χ2v) is 34.4. The van der Waals surface area contributed by atoms with Gasteiger partial charge in [-0.1, -0.05) is 49.0 Å². The number of nitrogens with two attached hydrogens (primary N) is 2. The maximum atomic E-state index is 11.7. The number of imidazole rings is 2. The highest BCUT2D eigenvalue weighted by molar-refractivity contribution is 14.1. The van der Waals surface area contributed by atoms with Crippen molar-refractivity contribution in [1.29, 1.82) is 5.26 Å². The van der Waals surface area contributed by atoms with Gasteiger partial charge in [0.05, 0.1) is 113 Å². The molecule has 5 saturated carbocycles. The van der Waals surface area contributed by atoms with Crippen LogP contribution in [0.1, 0.15) is 112 Å². The fourth-order valence-corrected chi connectivity index (χ4v) is 10.7. The first-order valence-electron chi connectivity index (χ1n) is 34.0. The Hall–Kier alpha value is -5.89. The number of aliphatic hydroxyl groups excluding tert-OH is 2. The van der Waals surface area contributed by atoms with Crippen LogP contribution in [0.4, 0.5) is 39.8 Å². The van der Waals surface area contributed by atoms with Crippen LogP contribution < -0.4 is 44.3 Å². The average Bonchev–Trinajstić information content (AvgIpc) is 1.62. The number of hydrogen-bond acceptors (Lipinski definition) is 28. The van der Waals surface area contributed by atoms with Gasteiger partial charge in [-0.15, -0.1) is 0 Å². The van der Waals surface area contributed by atoms with Gasteiger partial charge in [-0.05, 0) is 222 Å². The summed E-state index contributed by atoms with van der Waals surface area (Å²) in [6, 6.07) is 5.24. The number of nitro groups is 4. The van der Waals surface area contributed by atoms with E-state index in [0.717, 1.165) is 113 Å². The zero-order valence-electron chi connectivity index (χ0n) is 63.2. The molecule has 54 heteroatoms. The zero-order chi connectivity index (χ0) is 89.0. The fraction of sp³-hybridized carbons (Fsp3) is 0.406. The minimum atomic E-state index is -3.22. The standard InChI is InChI=1S/C10H11N3O.C9H8BrN3O.C8H8BrN3O2.C8H10BrN3.C5H2BrClN2O2.C5H3BrN2O3.C5H4N2O3.C3H9B3O3.C3H7N.C2H3N.C2H6O.CH3I.CH4O.2CH4.Br2.Cl3OP/c1-6-4-11-5-8-9(6)13(7-2-3-7)10(14)12-8;10-6-3-11-4-7-8(6)13(5-1-2-5)9(14)12-7;9-6-3-10-4-7(12(13)14)8(6)11-5-1-2-5;9-6-3-11-4-7(10)8(6)12-5-1-2-5;6-3-1-8-2-4(5(3)7)9(10)11;6-3-1-7-2-4(5(3)9)8(10)11;8-5-1-2-6-3-4(5)7(9)10;1-4-7-5(2)9-6(3)8-4;4-3-1-2-3;2*1-2-3;2*1-2;;;1-2;1-5(2,3)4/h4-5,7H,2-3H2,1H3,(H,12,14);3-5H,1-2H2,(H,12,14);3-5H,1-2H2,(H,10,11);3-5H,1-2,10H2,(H,11,12);1-2H;1-2H,(H,7,9);1-3H,(H,6,8);1-3H3;3H,1-2,4H2;1H3;3H,2H2,1H3;1H3;2H,1H3;2*1H4;;/i;;;;;;;;;;;1D;;;;;. The smallest absolute Gasteiger partial charge is 0.426 e. The summed E-state index contributed by atoms with van der Waals surface area (Å²) in [5, 5.41) is 66.2. The van der Waals surface area contributed by atoms with Gasteiger partial charge >= 0.3 is 60.7 Å². The summed E-state index contributed by atoms with van der Waals surface area (Å²) >= 11 is 42.8. The summed E-state index contributed by atoms with van der Waals surface area (Å²) in [6.45, 7) is 10.9. The van der Waals surface area contributed by atoms with E-state index in [9.17, 15) is 64.2 Å². The van der Waals surface area contributed by atoms with Gasteiger partial charge in [0.25, 0.3) is 10.9 Å². The molecule has 0 spiro atoms. The topological polar surface area (TPSA) is 563 Å². The molecule has 38 nitrogen and oxygen atoms in total. The van der Waals surface area contributed by atoms with Crippen molar-refractivity contribution in [2.24, 2.45) is 5.73 Å². The molecule has 15 rings (SSSR count). The van der Waals surface area contributed by atoms with Crippen molar-refractivity contribution in [3.8, 4) is 6.07 Å².